The summed E-state index contributed by atoms with van der Waals surface area (Å²) in [5.74, 6) is 0.632. The van der Waals surface area contributed by atoms with Gasteiger partial charge >= 0.3 is 0 Å². The minimum atomic E-state index is -0.00952. The quantitative estimate of drug-likeness (QED) is 0.784. The van der Waals surface area contributed by atoms with Crippen LogP contribution in [0.3, 0.4) is 0 Å². The molecule has 2 aliphatic heterocycles. The summed E-state index contributed by atoms with van der Waals surface area (Å²) in [5, 5.41) is 3.42. The first-order chi connectivity index (χ1) is 9.70. The number of likely N-dealkylation sites (tertiary alicyclic amines) is 1. The summed E-state index contributed by atoms with van der Waals surface area (Å²) in [7, 11) is 0. The van der Waals surface area contributed by atoms with Crippen LogP contribution in [0, 0.1) is 5.92 Å². The lowest BCUT2D eigenvalue weighted by Crippen LogP contribution is -2.44. The number of nitrogens with zero attached hydrogens (tertiary/aromatic N) is 2. The van der Waals surface area contributed by atoms with Crippen molar-refractivity contribution in [2.45, 2.75) is 39.0 Å². The SMILES string of the molecule is CCCN(CC(=O)N1CCCC1=O)CC1CCCNC1. The van der Waals surface area contributed by atoms with Crippen LogP contribution >= 0.6 is 0 Å². The van der Waals surface area contributed by atoms with E-state index in [9.17, 15) is 9.59 Å². The molecule has 0 aliphatic carbocycles. The summed E-state index contributed by atoms with van der Waals surface area (Å²) in [5.41, 5.74) is 0. The van der Waals surface area contributed by atoms with Gasteiger partial charge in [0.25, 0.3) is 0 Å². The van der Waals surface area contributed by atoms with Crippen molar-refractivity contribution in [2.24, 2.45) is 5.92 Å². The normalized spacial score (nSPS) is 23.6. The summed E-state index contributed by atoms with van der Waals surface area (Å²) in [6.45, 7) is 7.22. The molecule has 1 atom stereocenters. The second-order valence-corrected chi connectivity index (χ2v) is 5.99. The maximum atomic E-state index is 12.2. The molecule has 0 bridgehead atoms. The van der Waals surface area contributed by atoms with E-state index in [0.29, 0.717) is 25.4 Å². The van der Waals surface area contributed by atoms with Gasteiger partial charge in [-0.15, -0.1) is 0 Å². The zero-order valence-electron chi connectivity index (χ0n) is 12.6. The maximum Gasteiger partial charge on any atom is 0.243 e. The van der Waals surface area contributed by atoms with Crippen LogP contribution in [-0.2, 0) is 9.59 Å². The van der Waals surface area contributed by atoms with E-state index < -0.39 is 0 Å². The number of carbonyl (C=O) groups excluding carboxylic acids is 2. The van der Waals surface area contributed by atoms with Gasteiger partial charge in [-0.1, -0.05) is 6.92 Å². The van der Waals surface area contributed by atoms with Crippen molar-refractivity contribution in [1.29, 1.82) is 0 Å². The average Bonchev–Trinajstić information content (AvgIpc) is 2.86. The topological polar surface area (TPSA) is 52.7 Å². The second-order valence-electron chi connectivity index (χ2n) is 5.99. The number of rotatable bonds is 6. The Hall–Kier alpha value is -0.940. The highest BCUT2D eigenvalue weighted by Crippen LogP contribution is 2.14. The molecular formula is C15H27N3O2. The molecule has 1 unspecified atom stereocenters. The molecule has 0 aromatic carbocycles. The fraction of sp³-hybridized carbons (Fsp3) is 0.867. The number of imide groups is 1. The molecule has 2 fully saturated rings. The molecule has 114 valence electrons. The van der Waals surface area contributed by atoms with Gasteiger partial charge in [0, 0.05) is 19.5 Å². The third-order valence-corrected chi connectivity index (χ3v) is 4.19. The van der Waals surface area contributed by atoms with Crippen LogP contribution in [0.5, 0.6) is 0 Å². The molecule has 2 saturated heterocycles. The van der Waals surface area contributed by atoms with Crippen molar-refractivity contribution < 1.29 is 9.59 Å². The van der Waals surface area contributed by atoms with Crippen LogP contribution in [0.15, 0.2) is 0 Å². The van der Waals surface area contributed by atoms with Gasteiger partial charge in [0.2, 0.25) is 11.8 Å². The van der Waals surface area contributed by atoms with Crippen LogP contribution in [0.1, 0.15) is 39.0 Å². The fourth-order valence-electron chi connectivity index (χ4n) is 3.18. The van der Waals surface area contributed by atoms with Crippen molar-refractivity contribution in [2.75, 3.05) is 39.3 Å². The van der Waals surface area contributed by atoms with Gasteiger partial charge in [-0.25, -0.2) is 0 Å². The first kappa shape index (κ1) is 15.4. The Morgan fingerprint density at radius 1 is 1.45 bits per heavy atom. The monoisotopic (exact) mass is 281 g/mol. The zero-order valence-corrected chi connectivity index (χ0v) is 12.6. The predicted octanol–water partition coefficient (Wildman–Crippen LogP) is 0.847. The molecule has 0 aromatic heterocycles. The van der Waals surface area contributed by atoms with Gasteiger partial charge in [0.05, 0.1) is 6.54 Å². The van der Waals surface area contributed by atoms with E-state index in [0.717, 1.165) is 39.0 Å². The first-order valence-electron chi connectivity index (χ1n) is 7.97. The molecule has 0 radical (unpaired) electrons. The Morgan fingerprint density at radius 3 is 2.90 bits per heavy atom. The predicted molar refractivity (Wildman–Crippen MR) is 78.3 cm³/mol. The molecule has 2 rings (SSSR count). The molecule has 0 saturated carbocycles. The number of amides is 2. The minimum Gasteiger partial charge on any atom is -0.316 e. The lowest BCUT2D eigenvalue weighted by molar-refractivity contribution is -0.142. The number of piperidine rings is 1. The van der Waals surface area contributed by atoms with Gasteiger partial charge in [-0.2, -0.15) is 0 Å². The first-order valence-corrected chi connectivity index (χ1v) is 7.97. The smallest absolute Gasteiger partial charge is 0.243 e. The summed E-state index contributed by atoms with van der Waals surface area (Å²) in [6.07, 6.45) is 4.87. The molecule has 1 N–H and O–H groups in total. The van der Waals surface area contributed by atoms with E-state index >= 15 is 0 Å². The molecule has 2 amide bonds. The number of hydrogen-bond acceptors (Lipinski definition) is 4. The van der Waals surface area contributed by atoms with Crippen molar-refractivity contribution in [3.8, 4) is 0 Å². The summed E-state index contributed by atoms with van der Waals surface area (Å²) < 4.78 is 0. The molecular weight excluding hydrogens is 254 g/mol. The summed E-state index contributed by atoms with van der Waals surface area (Å²) in [4.78, 5) is 27.5. The van der Waals surface area contributed by atoms with E-state index in [-0.39, 0.29) is 11.8 Å². The Bertz CT molecular complexity index is 340. The average molecular weight is 281 g/mol. The Labute approximate surface area is 121 Å². The number of carbonyl (C=O) groups is 2. The van der Waals surface area contributed by atoms with Crippen molar-refractivity contribution >= 4 is 11.8 Å². The van der Waals surface area contributed by atoms with Crippen molar-refractivity contribution in [3.63, 3.8) is 0 Å². The second kappa shape index (κ2) is 7.74. The molecule has 5 nitrogen and oxygen atoms in total. The minimum absolute atomic E-state index is 0.00535. The highest BCUT2D eigenvalue weighted by atomic mass is 16.2. The third-order valence-electron chi connectivity index (χ3n) is 4.19. The standard InChI is InChI=1S/C15H27N3O2/c1-2-8-17(11-13-5-3-7-16-10-13)12-15(20)18-9-4-6-14(18)19/h13,16H,2-12H2,1H3. The zero-order chi connectivity index (χ0) is 14.4. The van der Waals surface area contributed by atoms with E-state index in [4.69, 9.17) is 0 Å². The van der Waals surface area contributed by atoms with Gasteiger partial charge in [0.15, 0.2) is 0 Å². The summed E-state index contributed by atoms with van der Waals surface area (Å²) >= 11 is 0. The Kier molecular flexibility index (Phi) is 5.98. The largest absolute Gasteiger partial charge is 0.316 e. The molecule has 0 spiro atoms. The van der Waals surface area contributed by atoms with Gasteiger partial charge in [-0.3, -0.25) is 19.4 Å². The lowest BCUT2D eigenvalue weighted by atomic mass is 9.99. The number of nitrogens with one attached hydrogen (secondary N) is 1. The van der Waals surface area contributed by atoms with Crippen LogP contribution in [0.25, 0.3) is 0 Å². The molecule has 0 aromatic rings. The van der Waals surface area contributed by atoms with Gasteiger partial charge < -0.3 is 5.32 Å². The Morgan fingerprint density at radius 2 is 2.30 bits per heavy atom. The molecule has 5 heteroatoms. The van der Waals surface area contributed by atoms with Crippen molar-refractivity contribution in [3.05, 3.63) is 0 Å². The van der Waals surface area contributed by atoms with Crippen molar-refractivity contribution in [1.82, 2.24) is 15.1 Å². The van der Waals surface area contributed by atoms with E-state index in [1.807, 2.05) is 0 Å². The van der Waals surface area contributed by atoms with Crippen LogP contribution in [0.2, 0.25) is 0 Å². The highest BCUT2D eigenvalue weighted by molar-refractivity contribution is 5.97. The lowest BCUT2D eigenvalue weighted by Gasteiger charge is -2.30. The highest BCUT2D eigenvalue weighted by Gasteiger charge is 2.28. The van der Waals surface area contributed by atoms with Crippen LogP contribution in [0.4, 0.5) is 0 Å². The Balaban J connectivity index is 1.84. The van der Waals surface area contributed by atoms with E-state index in [1.54, 1.807) is 0 Å². The summed E-state index contributed by atoms with van der Waals surface area (Å²) in [6, 6.07) is 0. The van der Waals surface area contributed by atoms with Gasteiger partial charge in [-0.05, 0) is 51.2 Å². The number of hydrogen-bond donors (Lipinski definition) is 1. The van der Waals surface area contributed by atoms with Gasteiger partial charge in [0.1, 0.15) is 0 Å². The van der Waals surface area contributed by atoms with Crippen LogP contribution in [-0.4, -0.2) is 60.9 Å². The van der Waals surface area contributed by atoms with E-state index in [1.165, 1.54) is 17.7 Å². The third kappa shape index (κ3) is 4.28. The fourth-order valence-corrected chi connectivity index (χ4v) is 3.18. The van der Waals surface area contributed by atoms with E-state index in [2.05, 4.69) is 17.1 Å². The maximum absolute atomic E-state index is 12.2. The molecule has 20 heavy (non-hydrogen) atoms. The molecule has 2 aliphatic rings. The van der Waals surface area contributed by atoms with Crippen LogP contribution < -0.4 is 5.32 Å². The molecule has 2 heterocycles.